The van der Waals surface area contributed by atoms with Gasteiger partial charge in [0.25, 0.3) is 0 Å². The van der Waals surface area contributed by atoms with Crippen molar-refractivity contribution in [2.45, 2.75) is 19.4 Å². The number of aliphatic hydroxyl groups is 1. The lowest BCUT2D eigenvalue weighted by molar-refractivity contribution is 0.169. The Morgan fingerprint density at radius 2 is 2.15 bits per heavy atom. The van der Waals surface area contributed by atoms with Crippen molar-refractivity contribution in [3.05, 3.63) is 28.0 Å². The zero-order valence-electron chi connectivity index (χ0n) is 7.09. The highest BCUT2D eigenvalue weighted by Gasteiger charge is 2.13. The highest BCUT2D eigenvalue weighted by Crippen LogP contribution is 2.31. The molecule has 0 aromatic heterocycles. The summed E-state index contributed by atoms with van der Waals surface area (Å²) < 4.78 is 13.1. The SMILES string of the molecule is CCC(O)c1cc(Br)c(F)cc1O. The van der Waals surface area contributed by atoms with Crippen molar-refractivity contribution in [2.24, 2.45) is 0 Å². The van der Waals surface area contributed by atoms with Crippen molar-refractivity contribution in [1.29, 1.82) is 0 Å². The third-order valence-electron chi connectivity index (χ3n) is 1.82. The first-order valence-electron chi connectivity index (χ1n) is 3.92. The van der Waals surface area contributed by atoms with Gasteiger partial charge in [0.2, 0.25) is 0 Å². The van der Waals surface area contributed by atoms with Crippen molar-refractivity contribution >= 4 is 15.9 Å². The van der Waals surface area contributed by atoms with Gasteiger partial charge in [-0.3, -0.25) is 0 Å². The van der Waals surface area contributed by atoms with Crippen LogP contribution in [0.5, 0.6) is 5.75 Å². The van der Waals surface area contributed by atoms with Gasteiger partial charge in [-0.15, -0.1) is 0 Å². The van der Waals surface area contributed by atoms with Gasteiger partial charge in [-0.1, -0.05) is 6.92 Å². The van der Waals surface area contributed by atoms with Gasteiger partial charge in [-0.2, -0.15) is 0 Å². The molecule has 1 rings (SSSR count). The van der Waals surface area contributed by atoms with Gasteiger partial charge in [0.05, 0.1) is 10.6 Å². The number of hydrogen-bond donors (Lipinski definition) is 2. The highest BCUT2D eigenvalue weighted by atomic mass is 79.9. The third kappa shape index (κ3) is 2.19. The second kappa shape index (κ2) is 4.07. The number of hydrogen-bond acceptors (Lipinski definition) is 2. The summed E-state index contributed by atoms with van der Waals surface area (Å²) in [5, 5.41) is 18.7. The number of halogens is 2. The molecule has 0 saturated carbocycles. The summed E-state index contributed by atoms with van der Waals surface area (Å²) in [5.41, 5.74) is 0.343. The quantitative estimate of drug-likeness (QED) is 0.845. The van der Waals surface area contributed by atoms with E-state index < -0.39 is 11.9 Å². The zero-order chi connectivity index (χ0) is 10.0. The summed E-state index contributed by atoms with van der Waals surface area (Å²) in [4.78, 5) is 0. The van der Waals surface area contributed by atoms with Gasteiger partial charge in [-0.05, 0) is 28.4 Å². The third-order valence-corrected chi connectivity index (χ3v) is 2.42. The molecular weight excluding hydrogens is 239 g/mol. The van der Waals surface area contributed by atoms with Crippen LogP contribution in [0.3, 0.4) is 0 Å². The fourth-order valence-corrected chi connectivity index (χ4v) is 1.40. The van der Waals surface area contributed by atoms with Crippen LogP contribution in [-0.4, -0.2) is 10.2 Å². The smallest absolute Gasteiger partial charge is 0.141 e. The fraction of sp³-hybridized carbons (Fsp3) is 0.333. The maximum absolute atomic E-state index is 12.8. The predicted octanol–water partition coefficient (Wildman–Crippen LogP) is 2.74. The van der Waals surface area contributed by atoms with Gasteiger partial charge in [-0.25, -0.2) is 4.39 Å². The van der Waals surface area contributed by atoms with Crippen molar-refractivity contribution in [1.82, 2.24) is 0 Å². The number of phenols is 1. The lowest BCUT2D eigenvalue weighted by Gasteiger charge is -2.10. The second-order valence-corrected chi connectivity index (χ2v) is 3.60. The first-order valence-corrected chi connectivity index (χ1v) is 4.71. The maximum Gasteiger partial charge on any atom is 0.141 e. The molecule has 0 bridgehead atoms. The molecule has 1 aromatic rings. The number of phenolic OH excluding ortho intramolecular Hbond substituents is 1. The number of benzene rings is 1. The molecule has 0 aliphatic rings. The largest absolute Gasteiger partial charge is 0.507 e. The van der Waals surface area contributed by atoms with E-state index in [1.54, 1.807) is 6.92 Å². The van der Waals surface area contributed by atoms with E-state index in [1.807, 2.05) is 0 Å². The molecule has 0 heterocycles. The number of aromatic hydroxyl groups is 1. The lowest BCUT2D eigenvalue weighted by Crippen LogP contribution is -1.96. The molecule has 72 valence electrons. The molecule has 0 fully saturated rings. The molecule has 2 nitrogen and oxygen atoms in total. The van der Waals surface area contributed by atoms with Crippen LogP contribution in [-0.2, 0) is 0 Å². The van der Waals surface area contributed by atoms with Crippen molar-refractivity contribution in [3.63, 3.8) is 0 Å². The summed E-state index contributed by atoms with van der Waals surface area (Å²) in [6.07, 6.45) is -0.275. The summed E-state index contributed by atoms with van der Waals surface area (Å²) >= 11 is 2.98. The van der Waals surface area contributed by atoms with Gasteiger partial charge >= 0.3 is 0 Å². The first kappa shape index (κ1) is 10.5. The second-order valence-electron chi connectivity index (χ2n) is 2.75. The van der Waals surface area contributed by atoms with Crippen LogP contribution < -0.4 is 0 Å². The van der Waals surface area contributed by atoms with Crippen LogP contribution >= 0.6 is 15.9 Å². The molecule has 0 radical (unpaired) electrons. The Labute approximate surface area is 84.1 Å². The minimum Gasteiger partial charge on any atom is -0.507 e. The lowest BCUT2D eigenvalue weighted by atomic mass is 10.1. The Hall–Kier alpha value is -0.610. The zero-order valence-corrected chi connectivity index (χ0v) is 8.68. The van der Waals surface area contributed by atoms with Crippen LogP contribution in [0.25, 0.3) is 0 Å². The fourth-order valence-electron chi connectivity index (χ4n) is 1.04. The van der Waals surface area contributed by atoms with Crippen LogP contribution in [0.1, 0.15) is 25.0 Å². The average Bonchev–Trinajstić information content (AvgIpc) is 2.10. The van der Waals surface area contributed by atoms with Crippen molar-refractivity contribution < 1.29 is 14.6 Å². The molecular formula is C9H10BrFO2. The van der Waals surface area contributed by atoms with E-state index in [4.69, 9.17) is 0 Å². The molecule has 1 aromatic carbocycles. The molecule has 1 atom stereocenters. The molecule has 2 N–H and O–H groups in total. The molecule has 4 heteroatoms. The van der Waals surface area contributed by atoms with Crippen LogP contribution in [0.4, 0.5) is 4.39 Å². The molecule has 0 aliphatic heterocycles. The van der Waals surface area contributed by atoms with Gasteiger partial charge in [0.1, 0.15) is 11.6 Å². The van der Waals surface area contributed by atoms with Gasteiger partial charge in [0, 0.05) is 11.6 Å². The normalized spacial score (nSPS) is 12.9. The average molecular weight is 249 g/mol. The van der Waals surface area contributed by atoms with Crippen LogP contribution in [0, 0.1) is 5.82 Å². The molecule has 13 heavy (non-hydrogen) atoms. The minimum atomic E-state index is -0.753. The van der Waals surface area contributed by atoms with Gasteiger partial charge in [0.15, 0.2) is 0 Å². The van der Waals surface area contributed by atoms with E-state index in [0.29, 0.717) is 12.0 Å². The predicted molar refractivity (Wildman–Crippen MR) is 51.0 cm³/mol. The van der Waals surface area contributed by atoms with Crippen molar-refractivity contribution in [2.75, 3.05) is 0 Å². The number of aliphatic hydroxyl groups excluding tert-OH is 1. The molecule has 1 unspecified atom stereocenters. The Bertz CT molecular complexity index is 315. The molecule has 0 saturated heterocycles. The standard InChI is InChI=1S/C9H10BrFO2/c1-2-8(12)5-3-6(10)7(11)4-9(5)13/h3-4,8,12-13H,2H2,1H3. The summed E-state index contributed by atoms with van der Waals surface area (Å²) in [7, 11) is 0. The van der Waals surface area contributed by atoms with E-state index in [0.717, 1.165) is 6.07 Å². The van der Waals surface area contributed by atoms with E-state index in [1.165, 1.54) is 6.07 Å². The summed E-state index contributed by atoms with van der Waals surface area (Å²) in [6, 6.07) is 2.37. The molecule has 0 aliphatic carbocycles. The van der Waals surface area contributed by atoms with E-state index in [9.17, 15) is 14.6 Å². The Balaban J connectivity index is 3.15. The summed E-state index contributed by atoms with van der Waals surface area (Å²) in [6.45, 7) is 1.78. The topological polar surface area (TPSA) is 40.5 Å². The van der Waals surface area contributed by atoms with E-state index >= 15 is 0 Å². The monoisotopic (exact) mass is 248 g/mol. The van der Waals surface area contributed by atoms with E-state index in [2.05, 4.69) is 15.9 Å². The van der Waals surface area contributed by atoms with Crippen LogP contribution in [0.15, 0.2) is 16.6 Å². The molecule has 0 amide bonds. The Kier molecular flexibility index (Phi) is 3.27. The van der Waals surface area contributed by atoms with Crippen molar-refractivity contribution in [3.8, 4) is 5.75 Å². The van der Waals surface area contributed by atoms with Gasteiger partial charge < -0.3 is 10.2 Å². The first-order chi connectivity index (χ1) is 6.06. The Morgan fingerprint density at radius 1 is 1.54 bits per heavy atom. The number of rotatable bonds is 2. The maximum atomic E-state index is 12.8. The minimum absolute atomic E-state index is 0.213. The van der Waals surface area contributed by atoms with E-state index in [-0.39, 0.29) is 10.2 Å². The summed E-state index contributed by atoms with van der Waals surface area (Å²) in [5.74, 6) is -0.750. The van der Waals surface area contributed by atoms with Crippen LogP contribution in [0.2, 0.25) is 0 Å². The highest BCUT2D eigenvalue weighted by molar-refractivity contribution is 9.10. The molecule has 0 spiro atoms. The Morgan fingerprint density at radius 3 is 2.69 bits per heavy atom.